The van der Waals surface area contributed by atoms with Crippen LogP contribution in [-0.4, -0.2) is 11.1 Å². The van der Waals surface area contributed by atoms with Gasteiger partial charge in [0.25, 0.3) is 11.1 Å². The molecule has 1 fully saturated rings. The van der Waals surface area contributed by atoms with E-state index >= 15 is 0 Å². The molecule has 4 nitrogen and oxygen atoms in total. The highest BCUT2D eigenvalue weighted by Gasteiger charge is 2.25. The number of hydrogen-bond acceptors (Lipinski definition) is 4. The first-order chi connectivity index (χ1) is 12.6. The molecule has 132 valence electrons. The van der Waals surface area contributed by atoms with E-state index in [1.165, 1.54) is 11.1 Å². The highest BCUT2D eigenvalue weighted by molar-refractivity contribution is 8.18. The molecule has 0 atom stereocenters. The van der Waals surface area contributed by atoms with Gasteiger partial charge in [-0.1, -0.05) is 54.1 Å². The summed E-state index contributed by atoms with van der Waals surface area (Å²) in [7, 11) is 0. The van der Waals surface area contributed by atoms with Gasteiger partial charge < -0.3 is 5.32 Å². The second kappa shape index (κ2) is 8.06. The van der Waals surface area contributed by atoms with Crippen LogP contribution in [0.3, 0.4) is 0 Å². The van der Waals surface area contributed by atoms with E-state index < -0.39 is 0 Å². The number of aryl methyl sites for hydroxylation is 1. The van der Waals surface area contributed by atoms with Crippen LogP contribution in [0.25, 0.3) is 12.2 Å². The number of imide groups is 1. The van der Waals surface area contributed by atoms with E-state index in [1.807, 2.05) is 37.3 Å². The average Bonchev–Trinajstić information content (AvgIpc) is 2.94. The first-order valence-corrected chi connectivity index (χ1v) is 9.18. The lowest BCUT2D eigenvalue weighted by molar-refractivity contribution is -0.115. The molecule has 2 aromatic rings. The van der Waals surface area contributed by atoms with Crippen molar-refractivity contribution in [1.29, 1.82) is 0 Å². The van der Waals surface area contributed by atoms with Gasteiger partial charge in [-0.05, 0) is 48.9 Å². The Hall–Kier alpha value is -2.79. The van der Waals surface area contributed by atoms with Crippen LogP contribution < -0.4 is 10.6 Å². The summed E-state index contributed by atoms with van der Waals surface area (Å²) < 4.78 is 0. The van der Waals surface area contributed by atoms with E-state index in [1.54, 1.807) is 6.08 Å². The van der Waals surface area contributed by atoms with Crippen LogP contribution >= 0.6 is 11.8 Å². The molecule has 0 spiro atoms. The van der Waals surface area contributed by atoms with Gasteiger partial charge in [0, 0.05) is 17.8 Å². The summed E-state index contributed by atoms with van der Waals surface area (Å²) >= 11 is 0.930. The molecule has 0 bridgehead atoms. The van der Waals surface area contributed by atoms with Gasteiger partial charge in [-0.3, -0.25) is 14.9 Å². The molecule has 0 unspecified atom stereocenters. The molecule has 0 aromatic heterocycles. The summed E-state index contributed by atoms with van der Waals surface area (Å²) in [5.41, 5.74) is 5.29. The molecule has 1 saturated heterocycles. The standard InChI is InChI=1S/C21H20N2O2S/c1-3-5-17-16(12-19-20(24)23-21(25)26-19)6-4-7-18(17)22-13-15-10-8-14(2)9-11-15/h3-12,22H,13H2,1-2H3,(H,23,24,25)/b5-3-,19-12-. The van der Waals surface area contributed by atoms with Gasteiger partial charge in [-0.15, -0.1) is 0 Å². The predicted molar refractivity (Wildman–Crippen MR) is 109 cm³/mol. The van der Waals surface area contributed by atoms with Crippen molar-refractivity contribution in [3.05, 3.63) is 75.7 Å². The number of carbonyl (C=O) groups excluding carboxylic acids is 2. The minimum atomic E-state index is -0.343. The van der Waals surface area contributed by atoms with Crippen molar-refractivity contribution in [3.8, 4) is 0 Å². The van der Waals surface area contributed by atoms with Gasteiger partial charge in [-0.25, -0.2) is 0 Å². The highest BCUT2D eigenvalue weighted by Crippen LogP contribution is 2.30. The van der Waals surface area contributed by atoms with E-state index in [4.69, 9.17) is 0 Å². The van der Waals surface area contributed by atoms with Crippen molar-refractivity contribution in [2.75, 3.05) is 5.32 Å². The molecule has 1 heterocycles. The minimum Gasteiger partial charge on any atom is -0.380 e. The monoisotopic (exact) mass is 364 g/mol. The summed E-state index contributed by atoms with van der Waals surface area (Å²) in [5.74, 6) is -0.343. The van der Waals surface area contributed by atoms with Crippen molar-refractivity contribution in [2.24, 2.45) is 0 Å². The molecule has 0 saturated carbocycles. The number of rotatable bonds is 5. The third-order valence-electron chi connectivity index (χ3n) is 4.01. The molecule has 1 aliphatic heterocycles. The van der Waals surface area contributed by atoms with Crippen LogP contribution in [0.5, 0.6) is 0 Å². The number of anilines is 1. The van der Waals surface area contributed by atoms with Crippen molar-refractivity contribution in [3.63, 3.8) is 0 Å². The summed E-state index contributed by atoms with van der Waals surface area (Å²) in [4.78, 5) is 23.6. The molecule has 1 aliphatic rings. The maximum Gasteiger partial charge on any atom is 0.290 e. The number of nitrogens with one attached hydrogen (secondary N) is 2. The number of hydrogen-bond donors (Lipinski definition) is 2. The van der Waals surface area contributed by atoms with Gasteiger partial charge in [0.1, 0.15) is 0 Å². The molecule has 0 aliphatic carbocycles. The maximum atomic E-state index is 11.8. The number of thioether (sulfide) groups is 1. The summed E-state index contributed by atoms with van der Waals surface area (Å²) in [6, 6.07) is 14.3. The number of amides is 2. The van der Waals surface area contributed by atoms with E-state index in [0.717, 1.165) is 28.6 Å². The largest absolute Gasteiger partial charge is 0.380 e. The normalized spacial score (nSPS) is 15.7. The number of allylic oxidation sites excluding steroid dienone is 1. The van der Waals surface area contributed by atoms with E-state index in [-0.39, 0.29) is 11.1 Å². The molecule has 2 aromatic carbocycles. The first kappa shape index (κ1) is 18.0. The number of carbonyl (C=O) groups is 2. The molecule has 26 heavy (non-hydrogen) atoms. The molecular formula is C21H20N2O2S. The predicted octanol–water partition coefficient (Wildman–Crippen LogP) is 4.96. The SMILES string of the molecule is C/C=C\c1c(/C=C2\SC(=O)NC2=O)cccc1NCc1ccc(C)cc1. The Morgan fingerprint density at radius 3 is 2.54 bits per heavy atom. The summed E-state index contributed by atoms with van der Waals surface area (Å²) in [6.45, 7) is 4.73. The zero-order valence-corrected chi connectivity index (χ0v) is 15.5. The third-order valence-corrected chi connectivity index (χ3v) is 4.82. The third kappa shape index (κ3) is 4.24. The quantitative estimate of drug-likeness (QED) is 0.736. The molecule has 3 rings (SSSR count). The smallest absolute Gasteiger partial charge is 0.290 e. The van der Waals surface area contributed by atoms with Gasteiger partial charge in [0.05, 0.1) is 4.91 Å². The van der Waals surface area contributed by atoms with Crippen LogP contribution in [0, 0.1) is 6.92 Å². The fraction of sp³-hybridized carbons (Fsp3) is 0.143. The molecule has 2 N–H and O–H groups in total. The first-order valence-electron chi connectivity index (χ1n) is 8.37. The van der Waals surface area contributed by atoms with E-state index in [0.29, 0.717) is 11.4 Å². The second-order valence-electron chi connectivity index (χ2n) is 6.00. The second-order valence-corrected chi connectivity index (χ2v) is 7.01. The fourth-order valence-corrected chi connectivity index (χ4v) is 3.35. The Morgan fingerprint density at radius 1 is 1.12 bits per heavy atom. The zero-order valence-electron chi connectivity index (χ0n) is 14.7. The molecule has 5 heteroatoms. The van der Waals surface area contributed by atoms with Crippen molar-refractivity contribution in [1.82, 2.24) is 5.32 Å². The average molecular weight is 364 g/mol. The summed E-state index contributed by atoms with van der Waals surface area (Å²) in [6.07, 6.45) is 5.72. The summed E-state index contributed by atoms with van der Waals surface area (Å²) in [5, 5.41) is 5.42. The minimum absolute atomic E-state index is 0.331. The zero-order chi connectivity index (χ0) is 18.5. The lowest BCUT2D eigenvalue weighted by Crippen LogP contribution is -2.17. The molecular weight excluding hydrogens is 344 g/mol. The molecule has 2 amide bonds. The van der Waals surface area contributed by atoms with Gasteiger partial charge >= 0.3 is 0 Å². The van der Waals surface area contributed by atoms with Crippen LogP contribution in [0.15, 0.2) is 53.4 Å². The number of benzene rings is 2. The Labute approximate surface area is 157 Å². The van der Waals surface area contributed by atoms with Crippen molar-refractivity contribution >= 4 is 40.7 Å². The highest BCUT2D eigenvalue weighted by atomic mass is 32.2. The Bertz CT molecular complexity index is 899. The van der Waals surface area contributed by atoms with E-state index in [9.17, 15) is 9.59 Å². The van der Waals surface area contributed by atoms with E-state index in [2.05, 4.69) is 41.8 Å². The topological polar surface area (TPSA) is 58.2 Å². The maximum absolute atomic E-state index is 11.8. The Balaban J connectivity index is 1.88. The Kier molecular flexibility index (Phi) is 5.58. The lowest BCUT2D eigenvalue weighted by atomic mass is 10.0. The molecule has 0 radical (unpaired) electrons. The van der Waals surface area contributed by atoms with Crippen molar-refractivity contribution in [2.45, 2.75) is 20.4 Å². The lowest BCUT2D eigenvalue weighted by Gasteiger charge is -2.13. The van der Waals surface area contributed by atoms with Crippen LogP contribution in [0.2, 0.25) is 0 Å². The van der Waals surface area contributed by atoms with Crippen LogP contribution in [-0.2, 0) is 11.3 Å². The van der Waals surface area contributed by atoms with Crippen LogP contribution in [0.4, 0.5) is 10.5 Å². The fourth-order valence-electron chi connectivity index (χ4n) is 2.68. The van der Waals surface area contributed by atoms with Gasteiger partial charge in [-0.2, -0.15) is 0 Å². The van der Waals surface area contributed by atoms with Crippen LogP contribution in [0.1, 0.15) is 29.2 Å². The van der Waals surface area contributed by atoms with Crippen molar-refractivity contribution < 1.29 is 9.59 Å². The Morgan fingerprint density at radius 2 is 1.88 bits per heavy atom. The van der Waals surface area contributed by atoms with Gasteiger partial charge in [0.2, 0.25) is 0 Å². The van der Waals surface area contributed by atoms with Gasteiger partial charge in [0.15, 0.2) is 0 Å².